The Morgan fingerprint density at radius 3 is 2.32 bits per heavy atom. The summed E-state index contributed by atoms with van der Waals surface area (Å²) < 4.78 is 5.29. The quantitative estimate of drug-likeness (QED) is 0.414. The van der Waals surface area contributed by atoms with Gasteiger partial charge in [-0.25, -0.2) is 0 Å². The van der Waals surface area contributed by atoms with Crippen LogP contribution >= 0.6 is 0 Å². The van der Waals surface area contributed by atoms with Gasteiger partial charge in [0.25, 0.3) is 11.8 Å². The maximum absolute atomic E-state index is 12.8. The molecule has 0 aliphatic carbocycles. The summed E-state index contributed by atoms with van der Waals surface area (Å²) in [6.45, 7) is 4.06. The molecule has 1 aromatic heterocycles. The zero-order valence-corrected chi connectivity index (χ0v) is 16.7. The number of carbonyl (C=O) groups is 3. The Morgan fingerprint density at radius 1 is 1.03 bits per heavy atom. The van der Waals surface area contributed by atoms with Crippen molar-refractivity contribution in [3.63, 3.8) is 0 Å². The molecule has 3 amide bonds. The summed E-state index contributed by atoms with van der Waals surface area (Å²) in [6.07, 6.45) is 1.58. The standard InChI is InChI=1S/C23H20N4O4/c1-2-13-26(15-19-24-21(25-31-19)16-8-4-3-5-9-16)20(28)12-14-27-22(29)17-10-6-7-11-18(17)23(27)30/h2-11H,1,12-15H2. The minimum absolute atomic E-state index is 0.00206. The maximum atomic E-state index is 12.8. The van der Waals surface area contributed by atoms with Crippen molar-refractivity contribution in [1.29, 1.82) is 0 Å². The van der Waals surface area contributed by atoms with E-state index in [0.717, 1.165) is 10.5 Å². The van der Waals surface area contributed by atoms with Crippen LogP contribution in [0.5, 0.6) is 0 Å². The highest BCUT2D eigenvalue weighted by Crippen LogP contribution is 2.23. The molecule has 1 aliphatic rings. The van der Waals surface area contributed by atoms with Gasteiger partial charge in [0, 0.05) is 25.1 Å². The molecule has 0 unspecified atom stereocenters. The monoisotopic (exact) mass is 416 g/mol. The van der Waals surface area contributed by atoms with Crippen LogP contribution in [0, 0.1) is 0 Å². The predicted octanol–water partition coefficient (Wildman–Crippen LogP) is 2.94. The van der Waals surface area contributed by atoms with Crippen molar-refractivity contribution in [2.45, 2.75) is 13.0 Å². The molecule has 0 atom stereocenters. The first-order valence-corrected chi connectivity index (χ1v) is 9.80. The molecule has 0 radical (unpaired) electrons. The zero-order chi connectivity index (χ0) is 21.8. The molecule has 1 aliphatic heterocycles. The van der Waals surface area contributed by atoms with Crippen molar-refractivity contribution >= 4 is 17.7 Å². The number of nitrogens with zero attached hydrogens (tertiary/aromatic N) is 4. The number of aromatic nitrogens is 2. The average molecular weight is 416 g/mol. The second-order valence-corrected chi connectivity index (χ2v) is 7.00. The van der Waals surface area contributed by atoms with Crippen LogP contribution in [0.1, 0.15) is 33.0 Å². The van der Waals surface area contributed by atoms with E-state index in [1.54, 1.807) is 30.3 Å². The van der Waals surface area contributed by atoms with Crippen molar-refractivity contribution in [2.24, 2.45) is 0 Å². The number of hydrogen-bond acceptors (Lipinski definition) is 6. The largest absolute Gasteiger partial charge is 0.337 e. The third-order valence-electron chi connectivity index (χ3n) is 4.96. The normalized spacial score (nSPS) is 12.7. The van der Waals surface area contributed by atoms with E-state index in [1.807, 2.05) is 30.3 Å². The molecule has 8 heteroatoms. The lowest BCUT2D eigenvalue weighted by Gasteiger charge is -2.21. The first-order chi connectivity index (χ1) is 15.1. The van der Waals surface area contributed by atoms with Crippen molar-refractivity contribution < 1.29 is 18.9 Å². The zero-order valence-electron chi connectivity index (χ0n) is 16.7. The first-order valence-electron chi connectivity index (χ1n) is 9.80. The number of carbonyl (C=O) groups excluding carboxylic acids is 3. The van der Waals surface area contributed by atoms with Gasteiger partial charge in [-0.3, -0.25) is 19.3 Å². The van der Waals surface area contributed by atoms with Crippen LogP contribution in [-0.2, 0) is 11.3 Å². The summed E-state index contributed by atoms with van der Waals surface area (Å²) in [6, 6.07) is 16.0. The smallest absolute Gasteiger partial charge is 0.261 e. The van der Waals surface area contributed by atoms with Gasteiger partial charge in [0.1, 0.15) is 6.54 Å². The first kappa shape index (κ1) is 20.2. The van der Waals surface area contributed by atoms with E-state index in [4.69, 9.17) is 4.52 Å². The van der Waals surface area contributed by atoms with Gasteiger partial charge < -0.3 is 9.42 Å². The number of benzene rings is 2. The highest BCUT2D eigenvalue weighted by molar-refractivity contribution is 6.21. The van der Waals surface area contributed by atoms with Crippen LogP contribution < -0.4 is 0 Å². The average Bonchev–Trinajstić information content (AvgIpc) is 3.36. The molecule has 0 spiro atoms. The van der Waals surface area contributed by atoms with Crippen LogP contribution in [0.3, 0.4) is 0 Å². The van der Waals surface area contributed by atoms with E-state index in [2.05, 4.69) is 16.7 Å². The van der Waals surface area contributed by atoms with Crippen LogP contribution in [0.2, 0.25) is 0 Å². The lowest BCUT2D eigenvalue weighted by molar-refractivity contribution is -0.131. The van der Waals surface area contributed by atoms with Gasteiger partial charge in [-0.1, -0.05) is 53.7 Å². The Labute approximate surface area is 178 Å². The second kappa shape index (κ2) is 8.74. The van der Waals surface area contributed by atoms with Gasteiger partial charge >= 0.3 is 0 Å². The summed E-state index contributed by atoms with van der Waals surface area (Å²) in [5.41, 5.74) is 1.54. The molecular formula is C23H20N4O4. The van der Waals surface area contributed by atoms with Crippen molar-refractivity contribution in [3.8, 4) is 11.4 Å². The van der Waals surface area contributed by atoms with Crippen LogP contribution in [0.25, 0.3) is 11.4 Å². The predicted molar refractivity (Wildman–Crippen MR) is 112 cm³/mol. The van der Waals surface area contributed by atoms with Gasteiger partial charge in [0.15, 0.2) is 0 Å². The Bertz CT molecular complexity index is 1100. The number of hydrogen-bond donors (Lipinski definition) is 0. The van der Waals surface area contributed by atoms with Gasteiger partial charge in [-0.05, 0) is 12.1 Å². The lowest BCUT2D eigenvalue weighted by Crippen LogP contribution is -2.36. The Kier molecular flexibility index (Phi) is 5.70. The molecule has 3 aromatic rings. The molecule has 31 heavy (non-hydrogen) atoms. The van der Waals surface area contributed by atoms with E-state index in [9.17, 15) is 14.4 Å². The van der Waals surface area contributed by atoms with E-state index in [1.165, 1.54) is 4.90 Å². The molecular weight excluding hydrogens is 396 g/mol. The fraction of sp³-hybridized carbons (Fsp3) is 0.174. The number of imide groups is 1. The molecule has 156 valence electrons. The summed E-state index contributed by atoms with van der Waals surface area (Å²) >= 11 is 0. The number of amides is 3. The highest BCUT2D eigenvalue weighted by Gasteiger charge is 2.35. The van der Waals surface area contributed by atoms with E-state index >= 15 is 0 Å². The van der Waals surface area contributed by atoms with Crippen LogP contribution in [0.4, 0.5) is 0 Å². The summed E-state index contributed by atoms with van der Waals surface area (Å²) in [5.74, 6) is -0.292. The molecule has 0 bridgehead atoms. The summed E-state index contributed by atoms with van der Waals surface area (Å²) in [4.78, 5) is 44.7. The van der Waals surface area contributed by atoms with Gasteiger partial charge in [-0.15, -0.1) is 6.58 Å². The van der Waals surface area contributed by atoms with Gasteiger partial charge in [0.05, 0.1) is 11.1 Å². The van der Waals surface area contributed by atoms with Crippen molar-refractivity contribution in [2.75, 3.05) is 13.1 Å². The topological polar surface area (TPSA) is 96.6 Å². The van der Waals surface area contributed by atoms with Gasteiger partial charge in [0.2, 0.25) is 17.6 Å². The molecule has 8 nitrogen and oxygen atoms in total. The molecule has 0 N–H and O–H groups in total. The summed E-state index contributed by atoms with van der Waals surface area (Å²) in [7, 11) is 0. The van der Waals surface area contributed by atoms with Crippen molar-refractivity contribution in [1.82, 2.24) is 19.9 Å². The van der Waals surface area contributed by atoms with E-state index < -0.39 is 0 Å². The fourth-order valence-corrected chi connectivity index (χ4v) is 3.40. The summed E-state index contributed by atoms with van der Waals surface area (Å²) in [5, 5.41) is 3.96. The van der Waals surface area contributed by atoms with Crippen molar-refractivity contribution in [3.05, 3.63) is 84.3 Å². The minimum Gasteiger partial charge on any atom is -0.337 e. The SMILES string of the molecule is C=CCN(Cc1nc(-c2ccccc2)no1)C(=O)CCN1C(=O)c2ccccc2C1=O. The maximum Gasteiger partial charge on any atom is 0.261 e. The molecule has 0 saturated heterocycles. The molecule has 2 aromatic carbocycles. The molecule has 2 heterocycles. The van der Waals surface area contributed by atoms with E-state index in [-0.39, 0.29) is 49.7 Å². The Morgan fingerprint density at radius 2 is 1.68 bits per heavy atom. The number of fused-ring (bicyclic) bond motifs is 1. The Hall–Kier alpha value is -4.07. The third-order valence-corrected chi connectivity index (χ3v) is 4.96. The third kappa shape index (κ3) is 4.13. The lowest BCUT2D eigenvalue weighted by atomic mass is 10.1. The molecule has 0 fully saturated rings. The minimum atomic E-state index is -0.381. The van der Waals surface area contributed by atoms with Crippen LogP contribution in [0.15, 0.2) is 71.8 Å². The van der Waals surface area contributed by atoms with Gasteiger partial charge in [-0.2, -0.15) is 4.98 Å². The molecule has 0 saturated carbocycles. The van der Waals surface area contributed by atoms with E-state index in [0.29, 0.717) is 17.0 Å². The number of rotatable bonds is 8. The molecule has 4 rings (SSSR count). The second-order valence-electron chi connectivity index (χ2n) is 7.00. The fourth-order valence-electron chi connectivity index (χ4n) is 3.40. The Balaban J connectivity index is 1.40. The van der Waals surface area contributed by atoms with Crippen LogP contribution in [-0.4, -0.2) is 50.8 Å². The highest BCUT2D eigenvalue weighted by atomic mass is 16.5.